The number of rotatable bonds is 4. The summed E-state index contributed by atoms with van der Waals surface area (Å²) in [6, 6.07) is 6.49. The molecule has 1 aliphatic heterocycles. The molecular formula is C18H17ClF3NO2S. The molecule has 1 fully saturated rings. The second-order valence-corrected chi connectivity index (χ2v) is 7.71. The van der Waals surface area contributed by atoms with Gasteiger partial charge in [0, 0.05) is 16.4 Å². The summed E-state index contributed by atoms with van der Waals surface area (Å²) >= 11 is 7.69. The number of alkyl halides is 3. The molecule has 26 heavy (non-hydrogen) atoms. The summed E-state index contributed by atoms with van der Waals surface area (Å²) < 4.78 is 39.6. The van der Waals surface area contributed by atoms with E-state index < -0.39 is 29.7 Å². The Labute approximate surface area is 158 Å². The fraction of sp³-hybridized carbons (Fsp3) is 0.389. The number of aliphatic carboxylic acids is 1. The SMILES string of the molecule is O=C(O)C1CCCN(C(c2cccs2)c2cc(C(F)(F)F)ccc2Cl)C1. The van der Waals surface area contributed by atoms with Gasteiger partial charge in [-0.2, -0.15) is 13.2 Å². The van der Waals surface area contributed by atoms with Crippen LogP contribution < -0.4 is 0 Å². The van der Waals surface area contributed by atoms with Crippen LogP contribution in [0.25, 0.3) is 0 Å². The van der Waals surface area contributed by atoms with E-state index in [-0.39, 0.29) is 11.6 Å². The van der Waals surface area contributed by atoms with E-state index in [0.29, 0.717) is 24.9 Å². The van der Waals surface area contributed by atoms with E-state index in [0.717, 1.165) is 17.0 Å². The Kier molecular flexibility index (Phi) is 5.60. The number of hydrogen-bond acceptors (Lipinski definition) is 3. The molecule has 0 aliphatic carbocycles. The Morgan fingerprint density at radius 2 is 2.12 bits per heavy atom. The van der Waals surface area contributed by atoms with E-state index in [1.54, 1.807) is 0 Å². The molecule has 2 unspecified atom stereocenters. The summed E-state index contributed by atoms with van der Waals surface area (Å²) in [5.74, 6) is -1.41. The Bertz CT molecular complexity index is 779. The van der Waals surface area contributed by atoms with Crippen molar-refractivity contribution < 1.29 is 23.1 Å². The molecule has 0 radical (unpaired) electrons. The third-order valence-electron chi connectivity index (χ3n) is 4.60. The highest BCUT2D eigenvalue weighted by Gasteiger charge is 2.35. The summed E-state index contributed by atoms with van der Waals surface area (Å²) in [5, 5.41) is 11.4. The molecule has 0 bridgehead atoms. The largest absolute Gasteiger partial charge is 0.481 e. The Hall–Kier alpha value is -1.57. The van der Waals surface area contributed by atoms with E-state index in [9.17, 15) is 23.1 Å². The normalized spacial score (nSPS) is 20.1. The minimum Gasteiger partial charge on any atom is -0.481 e. The quantitative estimate of drug-likeness (QED) is 0.752. The molecule has 8 heteroatoms. The number of halogens is 4. The van der Waals surface area contributed by atoms with Gasteiger partial charge in [0.2, 0.25) is 0 Å². The molecule has 1 aromatic heterocycles. The van der Waals surface area contributed by atoms with Crippen LogP contribution in [0.15, 0.2) is 35.7 Å². The van der Waals surface area contributed by atoms with E-state index in [2.05, 4.69) is 0 Å². The minimum atomic E-state index is -4.47. The zero-order chi connectivity index (χ0) is 18.9. The van der Waals surface area contributed by atoms with Crippen molar-refractivity contribution in [2.24, 2.45) is 5.92 Å². The van der Waals surface area contributed by atoms with Gasteiger partial charge >= 0.3 is 12.1 Å². The summed E-state index contributed by atoms with van der Waals surface area (Å²) in [6.07, 6.45) is -3.22. The van der Waals surface area contributed by atoms with E-state index >= 15 is 0 Å². The fourth-order valence-electron chi connectivity index (χ4n) is 3.35. The van der Waals surface area contributed by atoms with Crippen LogP contribution in [0.5, 0.6) is 0 Å². The van der Waals surface area contributed by atoms with E-state index in [1.165, 1.54) is 17.4 Å². The van der Waals surface area contributed by atoms with Gasteiger partial charge in [0.05, 0.1) is 17.5 Å². The first-order valence-electron chi connectivity index (χ1n) is 8.14. The van der Waals surface area contributed by atoms with Crippen LogP contribution in [0.4, 0.5) is 13.2 Å². The molecular weight excluding hydrogens is 387 g/mol. The smallest absolute Gasteiger partial charge is 0.416 e. The summed E-state index contributed by atoms with van der Waals surface area (Å²) in [6.45, 7) is 0.892. The molecule has 2 atom stereocenters. The number of carboxylic acid groups (broad SMARTS) is 1. The summed E-state index contributed by atoms with van der Waals surface area (Å²) in [7, 11) is 0. The molecule has 1 N–H and O–H groups in total. The Balaban J connectivity index is 2.04. The highest BCUT2D eigenvalue weighted by molar-refractivity contribution is 7.10. The maximum Gasteiger partial charge on any atom is 0.416 e. The van der Waals surface area contributed by atoms with Gasteiger partial charge in [-0.3, -0.25) is 9.69 Å². The highest BCUT2D eigenvalue weighted by Crippen LogP contribution is 2.40. The van der Waals surface area contributed by atoms with Crippen molar-refractivity contribution in [2.45, 2.75) is 25.1 Å². The molecule has 0 amide bonds. The van der Waals surface area contributed by atoms with Gasteiger partial charge in [-0.15, -0.1) is 11.3 Å². The number of carboxylic acids is 1. The molecule has 0 saturated carbocycles. The van der Waals surface area contributed by atoms with Gasteiger partial charge < -0.3 is 5.11 Å². The lowest BCUT2D eigenvalue weighted by Gasteiger charge is -2.37. The van der Waals surface area contributed by atoms with Gasteiger partial charge in [-0.1, -0.05) is 17.7 Å². The van der Waals surface area contributed by atoms with Gasteiger partial charge in [-0.05, 0) is 54.6 Å². The number of thiophene rings is 1. The van der Waals surface area contributed by atoms with Crippen LogP contribution in [0.2, 0.25) is 5.02 Å². The van der Waals surface area contributed by atoms with E-state index in [4.69, 9.17) is 11.6 Å². The maximum atomic E-state index is 13.2. The predicted octanol–water partition coefficient (Wildman–Crippen LogP) is 5.31. The van der Waals surface area contributed by atoms with Crippen molar-refractivity contribution in [1.29, 1.82) is 0 Å². The van der Waals surface area contributed by atoms with Crippen molar-refractivity contribution in [2.75, 3.05) is 13.1 Å². The molecule has 2 aromatic rings. The minimum absolute atomic E-state index is 0.244. The molecule has 1 aromatic carbocycles. The molecule has 3 rings (SSSR count). The first kappa shape index (κ1) is 19.2. The van der Waals surface area contributed by atoms with Gasteiger partial charge in [-0.25, -0.2) is 0 Å². The third-order valence-corrected chi connectivity index (χ3v) is 5.87. The summed E-state index contributed by atoms with van der Waals surface area (Å²) in [4.78, 5) is 14.2. The average molecular weight is 404 g/mol. The third kappa shape index (κ3) is 4.05. The second-order valence-electron chi connectivity index (χ2n) is 6.32. The first-order valence-corrected chi connectivity index (χ1v) is 9.40. The van der Waals surface area contributed by atoms with Crippen LogP contribution in [-0.4, -0.2) is 29.1 Å². The summed E-state index contributed by atoms with van der Waals surface area (Å²) in [5.41, 5.74) is -0.403. The number of likely N-dealkylation sites (tertiary alicyclic amines) is 1. The molecule has 0 spiro atoms. The van der Waals surface area contributed by atoms with E-state index in [1.807, 2.05) is 22.4 Å². The molecule has 2 heterocycles. The Morgan fingerprint density at radius 3 is 2.73 bits per heavy atom. The standard InChI is InChI=1S/C18H17ClF3NO2S/c19-14-6-5-12(18(20,21)22)9-13(14)16(15-4-2-8-26-15)23-7-1-3-11(10-23)17(24)25/h2,4-6,8-9,11,16H,1,3,7,10H2,(H,24,25). The zero-order valence-electron chi connectivity index (χ0n) is 13.7. The Morgan fingerprint density at radius 1 is 1.35 bits per heavy atom. The van der Waals surface area contributed by atoms with Crippen molar-refractivity contribution in [3.05, 3.63) is 56.7 Å². The first-order chi connectivity index (χ1) is 12.3. The number of hydrogen-bond donors (Lipinski definition) is 1. The van der Waals surface area contributed by atoms with Crippen LogP contribution in [-0.2, 0) is 11.0 Å². The van der Waals surface area contributed by atoms with Crippen molar-refractivity contribution in [3.63, 3.8) is 0 Å². The number of piperidine rings is 1. The fourth-order valence-corrected chi connectivity index (χ4v) is 4.45. The maximum absolute atomic E-state index is 13.2. The van der Waals surface area contributed by atoms with Crippen LogP contribution in [0, 0.1) is 5.92 Å². The number of carbonyl (C=O) groups is 1. The number of nitrogens with zero attached hydrogens (tertiary/aromatic N) is 1. The lowest BCUT2D eigenvalue weighted by molar-refractivity contribution is -0.143. The molecule has 1 saturated heterocycles. The lowest BCUT2D eigenvalue weighted by Crippen LogP contribution is -2.41. The zero-order valence-corrected chi connectivity index (χ0v) is 15.2. The second kappa shape index (κ2) is 7.58. The van der Waals surface area contributed by atoms with Crippen LogP contribution >= 0.6 is 22.9 Å². The van der Waals surface area contributed by atoms with Crippen LogP contribution in [0.3, 0.4) is 0 Å². The highest BCUT2D eigenvalue weighted by atomic mass is 35.5. The number of benzene rings is 1. The van der Waals surface area contributed by atoms with Crippen molar-refractivity contribution >= 4 is 28.9 Å². The van der Waals surface area contributed by atoms with Crippen LogP contribution in [0.1, 0.15) is 34.9 Å². The topological polar surface area (TPSA) is 40.5 Å². The van der Waals surface area contributed by atoms with Gasteiger partial charge in [0.15, 0.2) is 0 Å². The predicted molar refractivity (Wildman–Crippen MR) is 94.5 cm³/mol. The lowest BCUT2D eigenvalue weighted by atomic mass is 9.93. The van der Waals surface area contributed by atoms with Gasteiger partial charge in [0.1, 0.15) is 0 Å². The van der Waals surface area contributed by atoms with Crippen molar-refractivity contribution in [1.82, 2.24) is 4.90 Å². The average Bonchev–Trinajstić information content (AvgIpc) is 3.10. The molecule has 1 aliphatic rings. The van der Waals surface area contributed by atoms with Gasteiger partial charge in [0.25, 0.3) is 0 Å². The molecule has 140 valence electrons. The van der Waals surface area contributed by atoms with Crippen molar-refractivity contribution in [3.8, 4) is 0 Å². The molecule has 3 nitrogen and oxygen atoms in total. The monoisotopic (exact) mass is 403 g/mol.